The number of benzene rings is 1. The summed E-state index contributed by atoms with van der Waals surface area (Å²) >= 11 is 0. The predicted octanol–water partition coefficient (Wildman–Crippen LogP) is 2.49. The first kappa shape index (κ1) is 8.70. The summed E-state index contributed by atoms with van der Waals surface area (Å²) in [6.45, 7) is 0.527. The van der Waals surface area contributed by atoms with Crippen LogP contribution in [0.2, 0.25) is 0 Å². The third kappa shape index (κ3) is 1.46. The van der Waals surface area contributed by atoms with Crippen LogP contribution in [0, 0.1) is 0 Å². The van der Waals surface area contributed by atoms with Crippen molar-refractivity contribution < 1.29 is 4.39 Å². The minimum atomic E-state index is -1.03. The summed E-state index contributed by atoms with van der Waals surface area (Å²) in [7, 11) is 0. The van der Waals surface area contributed by atoms with E-state index in [1.807, 2.05) is 24.3 Å². The maximum atomic E-state index is 13.8. The Balaban J connectivity index is 2.22. The Kier molecular flexibility index (Phi) is 2.08. The fourth-order valence-electron chi connectivity index (χ4n) is 1.72. The van der Waals surface area contributed by atoms with Crippen LogP contribution in [-0.2, 0) is 12.2 Å². The van der Waals surface area contributed by atoms with E-state index in [9.17, 15) is 4.39 Å². The number of rotatable bonds is 2. The lowest BCUT2D eigenvalue weighted by Crippen LogP contribution is -2.28. The molecule has 1 fully saturated rings. The largest absolute Gasteiger partial charge is 0.326 e. The maximum absolute atomic E-state index is 13.8. The molecule has 13 heavy (non-hydrogen) atoms. The highest BCUT2D eigenvalue weighted by atomic mass is 19.1. The summed E-state index contributed by atoms with van der Waals surface area (Å²) in [5.41, 5.74) is 6.30. The van der Waals surface area contributed by atoms with Crippen LogP contribution < -0.4 is 5.73 Å². The summed E-state index contributed by atoms with van der Waals surface area (Å²) in [6, 6.07) is 7.55. The van der Waals surface area contributed by atoms with E-state index in [4.69, 9.17) is 5.73 Å². The molecule has 0 radical (unpaired) electrons. The molecular formula is C11H14FN. The molecule has 2 N–H and O–H groups in total. The molecular weight excluding hydrogens is 165 g/mol. The third-order valence-electron chi connectivity index (χ3n) is 2.85. The monoisotopic (exact) mass is 179 g/mol. The average molecular weight is 179 g/mol. The van der Waals surface area contributed by atoms with Crippen molar-refractivity contribution in [1.29, 1.82) is 0 Å². The van der Waals surface area contributed by atoms with Crippen molar-refractivity contribution >= 4 is 0 Å². The van der Waals surface area contributed by atoms with Gasteiger partial charge in [0.05, 0.1) is 0 Å². The minimum absolute atomic E-state index is 0.527. The van der Waals surface area contributed by atoms with Crippen molar-refractivity contribution in [1.82, 2.24) is 0 Å². The van der Waals surface area contributed by atoms with Crippen LogP contribution in [0.1, 0.15) is 30.4 Å². The summed E-state index contributed by atoms with van der Waals surface area (Å²) in [4.78, 5) is 0. The molecule has 0 unspecified atom stereocenters. The van der Waals surface area contributed by atoms with Crippen LogP contribution in [0.4, 0.5) is 4.39 Å². The minimum Gasteiger partial charge on any atom is -0.326 e. The van der Waals surface area contributed by atoms with E-state index in [1.165, 1.54) is 0 Å². The van der Waals surface area contributed by atoms with E-state index < -0.39 is 5.67 Å². The number of hydrogen-bond acceptors (Lipinski definition) is 1. The van der Waals surface area contributed by atoms with Crippen LogP contribution in [0.5, 0.6) is 0 Å². The lowest BCUT2D eigenvalue weighted by molar-refractivity contribution is 0.0609. The fourth-order valence-corrected chi connectivity index (χ4v) is 1.72. The standard InChI is InChI=1S/C11H14FN/c12-11(6-1-7-11)10-4-2-9(8-13)3-5-10/h2-5H,1,6-8,13H2. The highest BCUT2D eigenvalue weighted by Gasteiger charge is 2.38. The van der Waals surface area contributed by atoms with E-state index >= 15 is 0 Å². The molecule has 0 spiro atoms. The second-order valence-electron chi connectivity index (χ2n) is 3.72. The lowest BCUT2D eigenvalue weighted by Gasteiger charge is -2.34. The van der Waals surface area contributed by atoms with Crippen LogP contribution >= 0.6 is 0 Å². The summed E-state index contributed by atoms with van der Waals surface area (Å²) in [5.74, 6) is 0. The van der Waals surface area contributed by atoms with Crippen molar-refractivity contribution in [2.45, 2.75) is 31.5 Å². The van der Waals surface area contributed by atoms with Gasteiger partial charge in [-0.2, -0.15) is 0 Å². The molecule has 0 saturated heterocycles. The van der Waals surface area contributed by atoms with Gasteiger partial charge in [-0.25, -0.2) is 4.39 Å². The highest BCUT2D eigenvalue weighted by Crippen LogP contribution is 2.44. The van der Waals surface area contributed by atoms with E-state index in [0.717, 1.165) is 17.5 Å². The Labute approximate surface area is 77.8 Å². The quantitative estimate of drug-likeness (QED) is 0.741. The first-order valence-corrected chi connectivity index (χ1v) is 4.73. The van der Waals surface area contributed by atoms with Gasteiger partial charge in [0, 0.05) is 6.54 Å². The molecule has 0 aliphatic heterocycles. The van der Waals surface area contributed by atoms with Crippen molar-refractivity contribution in [2.24, 2.45) is 5.73 Å². The molecule has 1 aromatic rings. The molecule has 0 bridgehead atoms. The van der Waals surface area contributed by atoms with Gasteiger partial charge in [-0.05, 0) is 30.4 Å². The van der Waals surface area contributed by atoms with E-state index in [0.29, 0.717) is 19.4 Å². The molecule has 1 aliphatic rings. The first-order chi connectivity index (χ1) is 6.24. The van der Waals surface area contributed by atoms with Crippen LogP contribution in [0.15, 0.2) is 24.3 Å². The maximum Gasteiger partial charge on any atom is 0.136 e. The highest BCUT2D eigenvalue weighted by molar-refractivity contribution is 5.28. The summed E-state index contributed by atoms with van der Waals surface area (Å²) < 4.78 is 13.8. The smallest absolute Gasteiger partial charge is 0.136 e. The Morgan fingerprint density at radius 2 is 1.85 bits per heavy atom. The number of alkyl halides is 1. The summed E-state index contributed by atoms with van der Waals surface area (Å²) in [5, 5.41) is 0. The molecule has 0 amide bonds. The van der Waals surface area contributed by atoms with Gasteiger partial charge in [0.25, 0.3) is 0 Å². The van der Waals surface area contributed by atoms with Gasteiger partial charge < -0.3 is 5.73 Å². The van der Waals surface area contributed by atoms with Gasteiger partial charge in [-0.15, -0.1) is 0 Å². The van der Waals surface area contributed by atoms with Crippen molar-refractivity contribution in [3.63, 3.8) is 0 Å². The first-order valence-electron chi connectivity index (χ1n) is 4.73. The van der Waals surface area contributed by atoms with Crippen molar-refractivity contribution in [3.8, 4) is 0 Å². The van der Waals surface area contributed by atoms with Crippen LogP contribution in [0.3, 0.4) is 0 Å². The number of halogens is 1. The Bertz CT molecular complexity index is 287. The molecule has 0 heterocycles. The zero-order valence-electron chi connectivity index (χ0n) is 7.59. The molecule has 70 valence electrons. The van der Waals surface area contributed by atoms with E-state index in [-0.39, 0.29) is 0 Å². The summed E-state index contributed by atoms with van der Waals surface area (Å²) in [6.07, 6.45) is 2.36. The molecule has 1 saturated carbocycles. The Morgan fingerprint density at radius 1 is 1.23 bits per heavy atom. The van der Waals surface area contributed by atoms with Gasteiger partial charge in [-0.1, -0.05) is 24.3 Å². The van der Waals surface area contributed by atoms with Gasteiger partial charge in [-0.3, -0.25) is 0 Å². The number of hydrogen-bond donors (Lipinski definition) is 1. The molecule has 0 atom stereocenters. The number of nitrogens with two attached hydrogens (primary N) is 1. The molecule has 1 aromatic carbocycles. The van der Waals surface area contributed by atoms with Crippen LogP contribution in [0.25, 0.3) is 0 Å². The van der Waals surface area contributed by atoms with Crippen molar-refractivity contribution in [2.75, 3.05) is 0 Å². The molecule has 2 heteroatoms. The molecule has 0 aromatic heterocycles. The Hall–Kier alpha value is -0.890. The van der Waals surface area contributed by atoms with Crippen LogP contribution in [-0.4, -0.2) is 0 Å². The van der Waals surface area contributed by atoms with Gasteiger partial charge in [0.15, 0.2) is 0 Å². The zero-order chi connectivity index (χ0) is 9.31. The Morgan fingerprint density at radius 3 is 2.23 bits per heavy atom. The predicted molar refractivity (Wildman–Crippen MR) is 51.0 cm³/mol. The van der Waals surface area contributed by atoms with Gasteiger partial charge in [0.1, 0.15) is 5.67 Å². The zero-order valence-corrected chi connectivity index (χ0v) is 7.59. The topological polar surface area (TPSA) is 26.0 Å². The average Bonchev–Trinajstić information content (AvgIpc) is 2.14. The molecule has 2 rings (SSSR count). The second kappa shape index (κ2) is 3.11. The molecule has 1 aliphatic carbocycles. The lowest BCUT2D eigenvalue weighted by atomic mass is 9.77. The van der Waals surface area contributed by atoms with E-state index in [2.05, 4.69) is 0 Å². The van der Waals surface area contributed by atoms with Gasteiger partial charge in [0.2, 0.25) is 0 Å². The SMILES string of the molecule is NCc1ccc(C2(F)CCC2)cc1. The van der Waals surface area contributed by atoms with E-state index in [1.54, 1.807) is 0 Å². The van der Waals surface area contributed by atoms with Crippen molar-refractivity contribution in [3.05, 3.63) is 35.4 Å². The third-order valence-corrected chi connectivity index (χ3v) is 2.85. The second-order valence-corrected chi connectivity index (χ2v) is 3.72. The fraction of sp³-hybridized carbons (Fsp3) is 0.455. The normalized spacial score (nSPS) is 19.5. The van der Waals surface area contributed by atoms with Gasteiger partial charge >= 0.3 is 0 Å². The molecule has 1 nitrogen and oxygen atoms in total.